The molecule has 2 rings (SSSR count). The first kappa shape index (κ1) is 14.1. The summed E-state index contributed by atoms with van der Waals surface area (Å²) >= 11 is 3.34. The summed E-state index contributed by atoms with van der Waals surface area (Å²) in [5, 5.41) is 12.0. The first-order chi connectivity index (χ1) is 9.08. The molecular formula is C14H16BrNO3. The number of amides is 1. The third-order valence-electron chi connectivity index (χ3n) is 3.51. The molecule has 1 amide bonds. The number of halogens is 1. The summed E-state index contributed by atoms with van der Waals surface area (Å²) in [6.07, 6.45) is 3.04. The van der Waals surface area contributed by atoms with E-state index in [2.05, 4.69) is 21.2 Å². The molecule has 0 aliphatic heterocycles. The Kier molecular flexibility index (Phi) is 4.58. The fraction of sp³-hybridized carbons (Fsp3) is 0.429. The van der Waals surface area contributed by atoms with Gasteiger partial charge in [0.15, 0.2) is 0 Å². The maximum atomic E-state index is 12.2. The van der Waals surface area contributed by atoms with Gasteiger partial charge < -0.3 is 10.4 Å². The molecule has 4 nitrogen and oxygen atoms in total. The van der Waals surface area contributed by atoms with Crippen LogP contribution in [0.25, 0.3) is 0 Å². The van der Waals surface area contributed by atoms with E-state index in [1.54, 1.807) is 12.1 Å². The lowest BCUT2D eigenvalue weighted by Gasteiger charge is -2.27. The second-order valence-electron chi connectivity index (χ2n) is 4.84. The van der Waals surface area contributed by atoms with E-state index >= 15 is 0 Å². The standard InChI is InChI=1S/C14H16BrNO3/c15-9-4-3-5-10(8-9)16-13(17)11-6-1-2-7-12(11)14(18)19/h3-5,8,11-12H,1-2,6-7H2,(H,16,17)(H,18,19)/t11-,12-/m1/s1. The van der Waals surface area contributed by atoms with E-state index < -0.39 is 17.8 Å². The van der Waals surface area contributed by atoms with Crippen LogP contribution in [-0.4, -0.2) is 17.0 Å². The lowest BCUT2D eigenvalue weighted by Crippen LogP contribution is -2.36. The van der Waals surface area contributed by atoms with Crippen molar-refractivity contribution >= 4 is 33.5 Å². The van der Waals surface area contributed by atoms with Gasteiger partial charge in [0.25, 0.3) is 0 Å². The van der Waals surface area contributed by atoms with E-state index in [1.165, 1.54) is 0 Å². The highest BCUT2D eigenvalue weighted by Crippen LogP contribution is 2.31. The summed E-state index contributed by atoms with van der Waals surface area (Å²) in [6, 6.07) is 7.29. The van der Waals surface area contributed by atoms with Crippen LogP contribution in [0.2, 0.25) is 0 Å². The fourth-order valence-corrected chi connectivity index (χ4v) is 2.94. The SMILES string of the molecule is O=C(O)[C@@H]1CCCC[C@H]1C(=O)Nc1cccc(Br)c1. The Morgan fingerprint density at radius 3 is 2.53 bits per heavy atom. The van der Waals surface area contributed by atoms with Crippen LogP contribution >= 0.6 is 15.9 Å². The number of anilines is 1. The Hall–Kier alpha value is -1.36. The molecule has 1 saturated carbocycles. The van der Waals surface area contributed by atoms with Crippen LogP contribution in [0.4, 0.5) is 5.69 Å². The number of carbonyl (C=O) groups excluding carboxylic acids is 1. The van der Waals surface area contributed by atoms with Crippen LogP contribution in [-0.2, 0) is 9.59 Å². The van der Waals surface area contributed by atoms with Crippen molar-refractivity contribution in [1.29, 1.82) is 0 Å². The predicted molar refractivity (Wildman–Crippen MR) is 75.9 cm³/mol. The quantitative estimate of drug-likeness (QED) is 0.896. The predicted octanol–water partition coefficient (Wildman–Crippen LogP) is 3.28. The molecule has 0 bridgehead atoms. The van der Waals surface area contributed by atoms with Gasteiger partial charge in [0.05, 0.1) is 11.8 Å². The molecule has 5 heteroatoms. The summed E-state index contributed by atoms with van der Waals surface area (Å²) in [5.41, 5.74) is 0.689. The number of nitrogens with one attached hydrogen (secondary N) is 1. The Balaban J connectivity index is 2.07. The highest BCUT2D eigenvalue weighted by atomic mass is 79.9. The van der Waals surface area contributed by atoms with Crippen molar-refractivity contribution in [2.24, 2.45) is 11.8 Å². The molecule has 0 aromatic heterocycles. The van der Waals surface area contributed by atoms with Crippen LogP contribution in [0.15, 0.2) is 28.7 Å². The lowest BCUT2D eigenvalue weighted by molar-refractivity contribution is -0.147. The van der Waals surface area contributed by atoms with E-state index in [1.807, 2.05) is 12.1 Å². The molecule has 0 unspecified atom stereocenters. The Bertz CT molecular complexity index is 489. The van der Waals surface area contributed by atoms with Crippen molar-refractivity contribution in [3.63, 3.8) is 0 Å². The zero-order chi connectivity index (χ0) is 13.8. The first-order valence-corrected chi connectivity index (χ1v) is 7.16. The second-order valence-corrected chi connectivity index (χ2v) is 5.75. The Labute approximate surface area is 120 Å². The summed E-state index contributed by atoms with van der Waals surface area (Å²) in [5.74, 6) is -2.04. The molecular weight excluding hydrogens is 310 g/mol. The number of carboxylic acid groups (broad SMARTS) is 1. The minimum atomic E-state index is -0.867. The fourth-order valence-electron chi connectivity index (χ4n) is 2.54. The topological polar surface area (TPSA) is 66.4 Å². The number of carbonyl (C=O) groups is 2. The zero-order valence-corrected chi connectivity index (χ0v) is 12.0. The number of carboxylic acids is 1. The van der Waals surface area contributed by atoms with Crippen LogP contribution in [0.1, 0.15) is 25.7 Å². The summed E-state index contributed by atoms with van der Waals surface area (Å²) < 4.78 is 0.878. The van der Waals surface area contributed by atoms with E-state index in [9.17, 15) is 14.7 Å². The van der Waals surface area contributed by atoms with Crippen molar-refractivity contribution in [2.45, 2.75) is 25.7 Å². The normalized spacial score (nSPS) is 22.8. The third-order valence-corrected chi connectivity index (χ3v) is 4.01. The average Bonchev–Trinajstić information content (AvgIpc) is 2.38. The monoisotopic (exact) mass is 325 g/mol. The van der Waals surface area contributed by atoms with Crippen molar-refractivity contribution < 1.29 is 14.7 Å². The van der Waals surface area contributed by atoms with Gasteiger partial charge in [-0.25, -0.2) is 0 Å². The van der Waals surface area contributed by atoms with Gasteiger partial charge in [-0.05, 0) is 31.0 Å². The Morgan fingerprint density at radius 1 is 1.21 bits per heavy atom. The second kappa shape index (κ2) is 6.19. The van der Waals surface area contributed by atoms with Crippen LogP contribution < -0.4 is 5.32 Å². The smallest absolute Gasteiger partial charge is 0.307 e. The number of benzene rings is 1. The van der Waals surface area contributed by atoms with Gasteiger partial charge in [0.1, 0.15) is 0 Å². The largest absolute Gasteiger partial charge is 0.481 e. The van der Waals surface area contributed by atoms with E-state index in [-0.39, 0.29) is 5.91 Å². The highest BCUT2D eigenvalue weighted by Gasteiger charge is 2.35. The molecule has 1 fully saturated rings. The van der Waals surface area contributed by atoms with Gasteiger partial charge in [0, 0.05) is 10.2 Å². The Morgan fingerprint density at radius 2 is 1.89 bits per heavy atom. The maximum Gasteiger partial charge on any atom is 0.307 e. The molecule has 1 aromatic rings. The number of rotatable bonds is 3. The van der Waals surface area contributed by atoms with Gasteiger partial charge in [-0.15, -0.1) is 0 Å². The lowest BCUT2D eigenvalue weighted by atomic mass is 9.78. The van der Waals surface area contributed by atoms with Crippen molar-refractivity contribution in [3.05, 3.63) is 28.7 Å². The first-order valence-electron chi connectivity index (χ1n) is 6.37. The minimum Gasteiger partial charge on any atom is -0.481 e. The van der Waals surface area contributed by atoms with Crippen molar-refractivity contribution in [3.8, 4) is 0 Å². The molecule has 2 atom stereocenters. The highest BCUT2D eigenvalue weighted by molar-refractivity contribution is 9.10. The molecule has 102 valence electrons. The molecule has 1 aliphatic rings. The van der Waals surface area contributed by atoms with E-state index in [0.717, 1.165) is 17.3 Å². The zero-order valence-electron chi connectivity index (χ0n) is 10.4. The van der Waals surface area contributed by atoms with E-state index in [0.29, 0.717) is 18.5 Å². The molecule has 0 heterocycles. The van der Waals surface area contributed by atoms with Gasteiger partial charge in [0.2, 0.25) is 5.91 Å². The van der Waals surface area contributed by atoms with Crippen LogP contribution in [0.5, 0.6) is 0 Å². The molecule has 0 saturated heterocycles. The van der Waals surface area contributed by atoms with Gasteiger partial charge in [-0.1, -0.05) is 34.8 Å². The number of hydrogen-bond acceptors (Lipinski definition) is 2. The van der Waals surface area contributed by atoms with Gasteiger partial charge >= 0.3 is 5.97 Å². The van der Waals surface area contributed by atoms with Gasteiger partial charge in [-0.2, -0.15) is 0 Å². The average molecular weight is 326 g/mol. The van der Waals surface area contributed by atoms with E-state index in [4.69, 9.17) is 0 Å². The summed E-state index contributed by atoms with van der Waals surface area (Å²) in [7, 11) is 0. The minimum absolute atomic E-state index is 0.190. The maximum absolute atomic E-state index is 12.2. The summed E-state index contributed by atoms with van der Waals surface area (Å²) in [6.45, 7) is 0. The molecule has 19 heavy (non-hydrogen) atoms. The van der Waals surface area contributed by atoms with Crippen molar-refractivity contribution in [2.75, 3.05) is 5.32 Å². The summed E-state index contributed by atoms with van der Waals surface area (Å²) in [4.78, 5) is 23.4. The molecule has 1 aromatic carbocycles. The molecule has 0 spiro atoms. The van der Waals surface area contributed by atoms with Gasteiger partial charge in [-0.3, -0.25) is 9.59 Å². The third kappa shape index (κ3) is 3.56. The molecule has 1 aliphatic carbocycles. The van der Waals surface area contributed by atoms with Crippen molar-refractivity contribution in [1.82, 2.24) is 0 Å². The number of aliphatic carboxylic acids is 1. The van der Waals surface area contributed by atoms with Crippen LogP contribution in [0.3, 0.4) is 0 Å². The molecule has 2 N–H and O–H groups in total. The van der Waals surface area contributed by atoms with Crippen LogP contribution in [0, 0.1) is 11.8 Å². The number of hydrogen-bond donors (Lipinski definition) is 2. The molecule has 0 radical (unpaired) electrons.